The number of carbonyl (C=O) groups is 1. The lowest BCUT2D eigenvalue weighted by atomic mass is 10.1. The lowest BCUT2D eigenvalue weighted by Crippen LogP contribution is -2.13. The lowest BCUT2D eigenvalue weighted by Gasteiger charge is -1.99. The molecule has 3 N–H and O–H groups in total. The summed E-state index contributed by atoms with van der Waals surface area (Å²) in [6.07, 6.45) is 0.365. The van der Waals surface area contributed by atoms with Gasteiger partial charge in [0.05, 0.1) is 5.56 Å². The van der Waals surface area contributed by atoms with Gasteiger partial charge < -0.3 is 10.9 Å². The van der Waals surface area contributed by atoms with Gasteiger partial charge in [-0.1, -0.05) is 5.16 Å². The number of halogens is 1. The molecular weight excluding hydrogens is 175 g/mol. The molecular formula is C8H7FN2O2. The van der Waals surface area contributed by atoms with Gasteiger partial charge in [0.15, 0.2) is 12.1 Å². The average molecular weight is 182 g/mol. The van der Waals surface area contributed by atoms with Crippen molar-refractivity contribution in [3.05, 3.63) is 35.1 Å². The van der Waals surface area contributed by atoms with Crippen LogP contribution in [0.2, 0.25) is 0 Å². The summed E-state index contributed by atoms with van der Waals surface area (Å²) in [5.41, 5.74) is 5.41. The van der Waals surface area contributed by atoms with Crippen LogP contribution in [0.25, 0.3) is 0 Å². The van der Waals surface area contributed by atoms with Gasteiger partial charge in [0, 0.05) is 5.56 Å². The minimum atomic E-state index is -0.635. The summed E-state index contributed by atoms with van der Waals surface area (Å²) in [6.45, 7) is 0. The topological polar surface area (TPSA) is 75.7 Å². The molecule has 0 bridgehead atoms. The van der Waals surface area contributed by atoms with Crippen molar-refractivity contribution in [3.8, 4) is 0 Å². The number of amidine groups is 1. The molecule has 68 valence electrons. The van der Waals surface area contributed by atoms with Gasteiger partial charge in [-0.15, -0.1) is 0 Å². The highest BCUT2D eigenvalue weighted by atomic mass is 19.1. The first-order valence-electron chi connectivity index (χ1n) is 3.41. The molecule has 0 amide bonds. The molecule has 0 aromatic heterocycles. The van der Waals surface area contributed by atoms with Crippen molar-refractivity contribution in [3.63, 3.8) is 0 Å². The smallest absolute Gasteiger partial charge is 0.170 e. The van der Waals surface area contributed by atoms with Crippen molar-refractivity contribution in [2.24, 2.45) is 10.9 Å². The van der Waals surface area contributed by atoms with E-state index in [0.717, 1.165) is 6.07 Å². The molecule has 0 atom stereocenters. The summed E-state index contributed by atoms with van der Waals surface area (Å²) in [5.74, 6) is -0.799. The Balaban J connectivity index is 3.21. The van der Waals surface area contributed by atoms with Gasteiger partial charge in [0.25, 0.3) is 0 Å². The van der Waals surface area contributed by atoms with Crippen molar-refractivity contribution in [1.82, 2.24) is 0 Å². The van der Waals surface area contributed by atoms with E-state index < -0.39 is 5.82 Å². The minimum absolute atomic E-state index is 0.121. The number of aldehydes is 1. The second-order valence-electron chi connectivity index (χ2n) is 2.34. The summed E-state index contributed by atoms with van der Waals surface area (Å²) in [7, 11) is 0. The first-order chi connectivity index (χ1) is 6.19. The number of hydrogen-bond acceptors (Lipinski definition) is 3. The number of nitrogens with zero attached hydrogens (tertiary/aromatic N) is 1. The Kier molecular flexibility index (Phi) is 2.59. The van der Waals surface area contributed by atoms with E-state index in [-0.39, 0.29) is 11.4 Å². The molecule has 0 unspecified atom stereocenters. The highest BCUT2D eigenvalue weighted by molar-refractivity contribution is 5.98. The molecule has 5 heteroatoms. The maximum Gasteiger partial charge on any atom is 0.170 e. The summed E-state index contributed by atoms with van der Waals surface area (Å²) in [5, 5.41) is 11.0. The predicted octanol–water partition coefficient (Wildman–Crippen LogP) is 0.733. The van der Waals surface area contributed by atoms with Gasteiger partial charge in [-0.3, -0.25) is 4.79 Å². The van der Waals surface area contributed by atoms with Crippen LogP contribution in [-0.4, -0.2) is 17.3 Å². The van der Waals surface area contributed by atoms with Crippen LogP contribution in [0.15, 0.2) is 23.4 Å². The predicted molar refractivity (Wildman–Crippen MR) is 44.3 cm³/mol. The zero-order valence-electron chi connectivity index (χ0n) is 6.57. The quantitative estimate of drug-likeness (QED) is 0.233. The van der Waals surface area contributed by atoms with Gasteiger partial charge in [-0.05, 0) is 18.2 Å². The second kappa shape index (κ2) is 3.66. The Morgan fingerprint density at radius 1 is 1.62 bits per heavy atom. The third kappa shape index (κ3) is 1.81. The van der Waals surface area contributed by atoms with E-state index in [9.17, 15) is 9.18 Å². The molecule has 0 aliphatic heterocycles. The van der Waals surface area contributed by atoms with E-state index in [0.29, 0.717) is 11.8 Å². The second-order valence-corrected chi connectivity index (χ2v) is 2.34. The van der Waals surface area contributed by atoms with Gasteiger partial charge in [0.1, 0.15) is 5.82 Å². The Labute approximate surface area is 73.5 Å². The van der Waals surface area contributed by atoms with Crippen LogP contribution in [0.4, 0.5) is 4.39 Å². The van der Waals surface area contributed by atoms with Crippen LogP contribution < -0.4 is 5.73 Å². The number of carbonyl (C=O) groups excluding carboxylic acids is 1. The Hall–Kier alpha value is -1.91. The molecule has 0 aliphatic carbocycles. The van der Waals surface area contributed by atoms with E-state index in [1.54, 1.807) is 0 Å². The zero-order valence-corrected chi connectivity index (χ0v) is 6.57. The molecule has 4 nitrogen and oxygen atoms in total. The first-order valence-corrected chi connectivity index (χ1v) is 3.41. The van der Waals surface area contributed by atoms with Crippen LogP contribution in [-0.2, 0) is 0 Å². The molecule has 0 spiro atoms. The molecule has 0 saturated carbocycles. The molecule has 0 radical (unpaired) electrons. The Morgan fingerprint density at radius 2 is 2.31 bits per heavy atom. The number of nitrogens with two attached hydrogens (primary N) is 1. The molecule has 1 aromatic rings. The Bertz CT molecular complexity index is 363. The molecule has 0 fully saturated rings. The normalized spacial score (nSPS) is 11.3. The summed E-state index contributed by atoms with van der Waals surface area (Å²) in [4.78, 5) is 10.3. The van der Waals surface area contributed by atoms with Gasteiger partial charge >= 0.3 is 0 Å². The summed E-state index contributed by atoms with van der Waals surface area (Å²) in [6, 6.07) is 3.60. The van der Waals surface area contributed by atoms with Crippen molar-refractivity contribution >= 4 is 12.1 Å². The number of rotatable bonds is 2. The highest BCUT2D eigenvalue weighted by Crippen LogP contribution is 2.08. The zero-order chi connectivity index (χ0) is 9.84. The maximum atomic E-state index is 12.8. The van der Waals surface area contributed by atoms with Crippen LogP contribution in [0.5, 0.6) is 0 Å². The van der Waals surface area contributed by atoms with E-state index in [1.807, 2.05) is 0 Å². The maximum absolute atomic E-state index is 12.8. The van der Waals surface area contributed by atoms with Crippen molar-refractivity contribution in [2.75, 3.05) is 0 Å². The SMILES string of the molecule is N/C(=N\O)c1ccc(F)c(C=O)c1. The number of oxime groups is 1. The lowest BCUT2D eigenvalue weighted by molar-refractivity contribution is 0.112. The third-order valence-electron chi connectivity index (χ3n) is 1.53. The van der Waals surface area contributed by atoms with Crippen LogP contribution in [0.3, 0.4) is 0 Å². The van der Waals surface area contributed by atoms with E-state index >= 15 is 0 Å². The molecule has 1 aromatic carbocycles. The molecule has 1 rings (SSSR count). The summed E-state index contributed by atoms with van der Waals surface area (Å²) < 4.78 is 12.8. The van der Waals surface area contributed by atoms with Crippen LogP contribution in [0.1, 0.15) is 15.9 Å². The van der Waals surface area contributed by atoms with Gasteiger partial charge in [-0.2, -0.15) is 0 Å². The number of benzene rings is 1. The fraction of sp³-hybridized carbons (Fsp3) is 0. The monoisotopic (exact) mass is 182 g/mol. The Morgan fingerprint density at radius 3 is 2.85 bits per heavy atom. The molecule has 13 heavy (non-hydrogen) atoms. The van der Waals surface area contributed by atoms with E-state index in [4.69, 9.17) is 10.9 Å². The van der Waals surface area contributed by atoms with E-state index in [1.165, 1.54) is 12.1 Å². The van der Waals surface area contributed by atoms with Crippen molar-refractivity contribution in [1.29, 1.82) is 0 Å². The van der Waals surface area contributed by atoms with Crippen molar-refractivity contribution < 1.29 is 14.4 Å². The minimum Gasteiger partial charge on any atom is -0.409 e. The number of hydrogen-bond donors (Lipinski definition) is 2. The molecule has 0 saturated heterocycles. The van der Waals surface area contributed by atoms with Gasteiger partial charge in [0.2, 0.25) is 0 Å². The third-order valence-corrected chi connectivity index (χ3v) is 1.53. The molecule has 0 heterocycles. The summed E-state index contributed by atoms with van der Waals surface area (Å²) >= 11 is 0. The van der Waals surface area contributed by atoms with Gasteiger partial charge in [-0.25, -0.2) is 4.39 Å². The highest BCUT2D eigenvalue weighted by Gasteiger charge is 2.04. The molecule has 0 aliphatic rings. The fourth-order valence-electron chi connectivity index (χ4n) is 0.851. The van der Waals surface area contributed by atoms with E-state index in [2.05, 4.69) is 5.16 Å². The van der Waals surface area contributed by atoms with Crippen LogP contribution >= 0.6 is 0 Å². The first kappa shape index (κ1) is 9.18. The standard InChI is InChI=1S/C8H7FN2O2/c9-7-2-1-5(8(10)11-13)3-6(7)4-12/h1-4,13H,(H2,10,11). The fourth-order valence-corrected chi connectivity index (χ4v) is 0.851. The largest absolute Gasteiger partial charge is 0.409 e. The average Bonchev–Trinajstić information content (AvgIpc) is 2.17. The van der Waals surface area contributed by atoms with Crippen molar-refractivity contribution in [2.45, 2.75) is 0 Å². The van der Waals surface area contributed by atoms with Crippen LogP contribution in [0, 0.1) is 5.82 Å².